The Balaban J connectivity index is 2.52. The van der Waals surface area contributed by atoms with E-state index in [2.05, 4.69) is 48.3 Å². The molecule has 0 fully saturated rings. The lowest BCUT2D eigenvalue weighted by molar-refractivity contribution is 0.413. The summed E-state index contributed by atoms with van der Waals surface area (Å²) >= 11 is 0. The number of nitrogens with two attached hydrogens (primary N) is 1. The topological polar surface area (TPSA) is 41.3 Å². The van der Waals surface area contributed by atoms with Crippen LogP contribution in [0, 0.1) is 11.8 Å². The van der Waals surface area contributed by atoms with Gasteiger partial charge in [0, 0.05) is 32.0 Å². The number of anilines is 2. The van der Waals surface area contributed by atoms with Crippen molar-refractivity contribution < 1.29 is 0 Å². The molecule has 0 heterocycles. The highest BCUT2D eigenvalue weighted by Crippen LogP contribution is 2.17. The molecule has 0 aliphatic heterocycles. The summed E-state index contributed by atoms with van der Waals surface area (Å²) in [4.78, 5) is 2.10. The maximum atomic E-state index is 5.76. The molecule has 0 amide bonds. The van der Waals surface area contributed by atoms with Crippen molar-refractivity contribution in [2.75, 3.05) is 37.4 Å². The van der Waals surface area contributed by atoms with Gasteiger partial charge in [0.05, 0.1) is 0 Å². The van der Waals surface area contributed by atoms with Crippen LogP contribution in [0.5, 0.6) is 0 Å². The summed E-state index contributed by atoms with van der Waals surface area (Å²) in [7, 11) is 4.09. The van der Waals surface area contributed by atoms with Crippen molar-refractivity contribution in [3.63, 3.8) is 0 Å². The normalized spacial score (nSPS) is 12.6. The van der Waals surface area contributed by atoms with Crippen LogP contribution >= 0.6 is 0 Å². The van der Waals surface area contributed by atoms with Crippen molar-refractivity contribution in [1.82, 2.24) is 0 Å². The summed E-state index contributed by atoms with van der Waals surface area (Å²) in [5.41, 5.74) is 8.13. The summed E-state index contributed by atoms with van der Waals surface area (Å²) in [5.74, 6) is 1.15. The minimum absolute atomic E-state index is 0.531. The van der Waals surface area contributed by atoms with Crippen LogP contribution in [-0.2, 0) is 0 Å². The van der Waals surface area contributed by atoms with Gasteiger partial charge in [-0.05, 0) is 42.6 Å². The fourth-order valence-electron chi connectivity index (χ4n) is 1.72. The van der Waals surface area contributed by atoms with Crippen molar-refractivity contribution in [2.24, 2.45) is 17.6 Å². The summed E-state index contributed by atoms with van der Waals surface area (Å²) in [6.07, 6.45) is 0. The Morgan fingerprint density at radius 2 is 1.76 bits per heavy atom. The van der Waals surface area contributed by atoms with Gasteiger partial charge in [0.1, 0.15) is 0 Å². The van der Waals surface area contributed by atoms with Gasteiger partial charge in [0.15, 0.2) is 0 Å². The molecule has 3 nitrogen and oxygen atoms in total. The highest BCUT2D eigenvalue weighted by Gasteiger charge is 2.10. The molecule has 0 bridgehead atoms. The Bertz CT molecular complexity index is 317. The van der Waals surface area contributed by atoms with E-state index in [1.54, 1.807) is 0 Å². The van der Waals surface area contributed by atoms with Crippen LogP contribution in [0.25, 0.3) is 0 Å². The third-order valence-corrected chi connectivity index (χ3v) is 3.20. The number of nitrogens with zero attached hydrogens (tertiary/aromatic N) is 1. The molecule has 96 valence electrons. The van der Waals surface area contributed by atoms with Gasteiger partial charge in [-0.2, -0.15) is 0 Å². The first-order chi connectivity index (χ1) is 8.04. The van der Waals surface area contributed by atoms with E-state index in [0.717, 1.165) is 18.8 Å². The van der Waals surface area contributed by atoms with Crippen LogP contribution in [0.1, 0.15) is 13.8 Å². The largest absolute Gasteiger partial charge is 0.385 e. The zero-order valence-electron chi connectivity index (χ0n) is 11.4. The average molecular weight is 235 g/mol. The molecule has 0 aliphatic rings. The summed E-state index contributed by atoms with van der Waals surface area (Å²) < 4.78 is 0. The van der Waals surface area contributed by atoms with Crippen molar-refractivity contribution in [1.29, 1.82) is 0 Å². The molecular formula is C14H25N3. The number of nitrogens with one attached hydrogen (secondary N) is 1. The molecule has 0 spiro atoms. The third-order valence-electron chi connectivity index (χ3n) is 3.20. The lowest BCUT2D eigenvalue weighted by atomic mass is 9.96. The van der Waals surface area contributed by atoms with E-state index in [0.29, 0.717) is 11.8 Å². The van der Waals surface area contributed by atoms with Crippen molar-refractivity contribution in [3.05, 3.63) is 24.3 Å². The van der Waals surface area contributed by atoms with Crippen molar-refractivity contribution >= 4 is 11.4 Å². The Morgan fingerprint density at radius 3 is 2.18 bits per heavy atom. The molecule has 1 aromatic carbocycles. The maximum Gasteiger partial charge on any atom is 0.0362 e. The lowest BCUT2D eigenvalue weighted by Crippen LogP contribution is -2.27. The van der Waals surface area contributed by atoms with Gasteiger partial charge in [0.2, 0.25) is 0 Å². The number of hydrogen-bond acceptors (Lipinski definition) is 3. The molecule has 1 unspecified atom stereocenters. The Hall–Kier alpha value is -1.22. The van der Waals surface area contributed by atoms with E-state index >= 15 is 0 Å². The number of benzene rings is 1. The average Bonchev–Trinajstić information content (AvgIpc) is 2.30. The van der Waals surface area contributed by atoms with E-state index in [1.165, 1.54) is 5.69 Å². The van der Waals surface area contributed by atoms with Crippen LogP contribution < -0.4 is 16.0 Å². The first-order valence-electron chi connectivity index (χ1n) is 6.26. The van der Waals surface area contributed by atoms with Crippen molar-refractivity contribution in [2.45, 2.75) is 13.8 Å². The maximum absolute atomic E-state index is 5.76. The molecule has 3 heteroatoms. The first-order valence-corrected chi connectivity index (χ1v) is 6.26. The van der Waals surface area contributed by atoms with E-state index in [4.69, 9.17) is 5.73 Å². The summed E-state index contributed by atoms with van der Waals surface area (Å²) in [6, 6.07) is 8.47. The predicted octanol–water partition coefficient (Wildman–Crippen LogP) is 2.40. The smallest absolute Gasteiger partial charge is 0.0362 e. The van der Waals surface area contributed by atoms with Gasteiger partial charge in [-0.3, -0.25) is 0 Å². The minimum atomic E-state index is 0.531. The van der Waals surface area contributed by atoms with E-state index in [-0.39, 0.29) is 0 Å². The van der Waals surface area contributed by atoms with E-state index in [1.807, 2.05) is 14.1 Å². The molecule has 17 heavy (non-hydrogen) atoms. The Labute approximate surface area is 105 Å². The van der Waals surface area contributed by atoms with Crippen LogP contribution in [0.4, 0.5) is 11.4 Å². The standard InChI is InChI=1S/C14H25N3/c1-11(2)12(9-15)10-16-13-5-7-14(8-6-13)17(3)4/h5-8,11-12,16H,9-10,15H2,1-4H3. The second-order valence-corrected chi connectivity index (χ2v) is 5.06. The molecule has 0 radical (unpaired) electrons. The third kappa shape index (κ3) is 4.27. The van der Waals surface area contributed by atoms with Crippen LogP contribution in [0.3, 0.4) is 0 Å². The lowest BCUT2D eigenvalue weighted by Gasteiger charge is -2.20. The van der Waals surface area contributed by atoms with Gasteiger partial charge >= 0.3 is 0 Å². The molecule has 1 rings (SSSR count). The zero-order chi connectivity index (χ0) is 12.8. The van der Waals surface area contributed by atoms with Crippen molar-refractivity contribution in [3.8, 4) is 0 Å². The van der Waals surface area contributed by atoms with Crippen LogP contribution in [0.2, 0.25) is 0 Å². The fraction of sp³-hybridized carbons (Fsp3) is 0.571. The predicted molar refractivity (Wildman–Crippen MR) is 76.6 cm³/mol. The van der Waals surface area contributed by atoms with Gasteiger partial charge in [-0.1, -0.05) is 13.8 Å². The molecule has 1 atom stereocenters. The van der Waals surface area contributed by atoms with Crippen LogP contribution in [-0.4, -0.2) is 27.2 Å². The zero-order valence-corrected chi connectivity index (χ0v) is 11.4. The molecule has 0 aliphatic carbocycles. The summed E-state index contributed by atoms with van der Waals surface area (Å²) in [5, 5.41) is 3.44. The first kappa shape index (κ1) is 13.8. The molecular weight excluding hydrogens is 210 g/mol. The molecule has 3 N–H and O–H groups in total. The van der Waals surface area contributed by atoms with E-state index in [9.17, 15) is 0 Å². The second-order valence-electron chi connectivity index (χ2n) is 5.06. The molecule has 0 saturated heterocycles. The summed E-state index contributed by atoms with van der Waals surface area (Å²) in [6.45, 7) is 6.11. The van der Waals surface area contributed by atoms with Crippen LogP contribution in [0.15, 0.2) is 24.3 Å². The molecule has 0 aromatic heterocycles. The van der Waals surface area contributed by atoms with E-state index < -0.39 is 0 Å². The van der Waals surface area contributed by atoms with Gasteiger partial charge in [0.25, 0.3) is 0 Å². The minimum Gasteiger partial charge on any atom is -0.385 e. The highest BCUT2D eigenvalue weighted by molar-refractivity contribution is 5.54. The van der Waals surface area contributed by atoms with Gasteiger partial charge in [-0.15, -0.1) is 0 Å². The quantitative estimate of drug-likeness (QED) is 0.795. The van der Waals surface area contributed by atoms with Gasteiger partial charge in [-0.25, -0.2) is 0 Å². The molecule has 0 saturated carbocycles. The number of rotatable bonds is 6. The Morgan fingerprint density at radius 1 is 1.18 bits per heavy atom. The van der Waals surface area contributed by atoms with Gasteiger partial charge < -0.3 is 16.0 Å². The monoisotopic (exact) mass is 235 g/mol. The SMILES string of the molecule is CC(C)C(CN)CNc1ccc(N(C)C)cc1. The Kier molecular flexibility index (Phi) is 5.29. The fourth-order valence-corrected chi connectivity index (χ4v) is 1.72. The molecule has 1 aromatic rings. The highest BCUT2D eigenvalue weighted by atomic mass is 15.1. The second kappa shape index (κ2) is 6.50. The number of hydrogen-bond donors (Lipinski definition) is 2.